The van der Waals surface area contributed by atoms with Crippen molar-refractivity contribution in [2.75, 3.05) is 19.8 Å². The molecule has 1 aliphatic heterocycles. The summed E-state index contributed by atoms with van der Waals surface area (Å²) in [5, 5.41) is 13.0. The fourth-order valence-electron chi connectivity index (χ4n) is 5.89. The number of benzene rings is 4. The van der Waals surface area contributed by atoms with E-state index < -0.39 is 29.1 Å². The van der Waals surface area contributed by atoms with Crippen LogP contribution in [0.4, 0.5) is 0 Å². The lowest BCUT2D eigenvalue weighted by atomic mass is 9.82. The molecule has 4 aromatic rings. The molecule has 0 aromatic heterocycles. The number of carbonyl (C=O) groups excluding carboxylic acids is 2. The Hall–Kier alpha value is -4.37. The van der Waals surface area contributed by atoms with E-state index in [1.54, 1.807) is 63.2 Å². The van der Waals surface area contributed by atoms with Gasteiger partial charge in [0, 0.05) is 53.1 Å². The van der Waals surface area contributed by atoms with Crippen LogP contribution in [0, 0.1) is 0 Å². The van der Waals surface area contributed by atoms with Gasteiger partial charge in [0.25, 0.3) is 5.91 Å². The summed E-state index contributed by atoms with van der Waals surface area (Å²) in [5.74, 6) is -0.228. The van der Waals surface area contributed by atoms with Crippen LogP contribution in [0.2, 0.25) is 10.0 Å². The normalized spacial score (nSPS) is 17.2. The minimum atomic E-state index is -1.61. The van der Waals surface area contributed by atoms with E-state index in [0.717, 1.165) is 11.1 Å². The Morgan fingerprint density at radius 1 is 0.940 bits per heavy atom. The first-order valence-corrected chi connectivity index (χ1v) is 17.4. The number of amides is 1. The largest absolute Gasteiger partial charge is 0.494 e. The minimum Gasteiger partial charge on any atom is -0.494 e. The van der Waals surface area contributed by atoms with E-state index in [-0.39, 0.29) is 37.8 Å². The van der Waals surface area contributed by atoms with Crippen molar-refractivity contribution in [2.45, 2.75) is 63.2 Å². The number of aliphatic imine (C=N–C) groups is 1. The lowest BCUT2D eigenvalue weighted by molar-refractivity contribution is -0.155. The molecule has 2 atom stereocenters. The number of rotatable bonds is 14. The third kappa shape index (κ3) is 9.24. The van der Waals surface area contributed by atoms with Crippen LogP contribution in [0.1, 0.15) is 74.3 Å². The molecule has 0 spiro atoms. The smallest absolute Gasteiger partial charge is 0.306 e. The van der Waals surface area contributed by atoms with Crippen LogP contribution in [0.5, 0.6) is 5.75 Å². The highest BCUT2D eigenvalue weighted by atomic mass is 35.5. The van der Waals surface area contributed by atoms with Crippen molar-refractivity contribution in [3.05, 3.63) is 135 Å². The molecule has 0 aliphatic carbocycles. The van der Waals surface area contributed by atoms with E-state index in [9.17, 15) is 9.59 Å². The topological polar surface area (TPSA) is 106 Å². The predicted molar refractivity (Wildman–Crippen MR) is 196 cm³/mol. The van der Waals surface area contributed by atoms with E-state index in [1.807, 2.05) is 60.7 Å². The van der Waals surface area contributed by atoms with Gasteiger partial charge in [-0.05, 0) is 74.7 Å². The zero-order chi connectivity index (χ0) is 35.7. The Labute approximate surface area is 303 Å². The maximum absolute atomic E-state index is 14.8. The molecule has 0 radical (unpaired) electrons. The van der Waals surface area contributed by atoms with Gasteiger partial charge in [0.2, 0.25) is 5.90 Å². The van der Waals surface area contributed by atoms with Crippen molar-refractivity contribution < 1.29 is 28.9 Å². The second kappa shape index (κ2) is 16.6. The second-order valence-electron chi connectivity index (χ2n) is 13.1. The number of halogens is 2. The summed E-state index contributed by atoms with van der Waals surface area (Å²) in [4.78, 5) is 33.0. The summed E-state index contributed by atoms with van der Waals surface area (Å²) in [7, 11) is 0. The lowest BCUT2D eigenvalue weighted by Gasteiger charge is -2.32. The third-order valence-corrected chi connectivity index (χ3v) is 8.84. The Kier molecular flexibility index (Phi) is 12.2. The molecule has 1 heterocycles. The molecular weight excluding hydrogens is 675 g/mol. The number of hydrogen-bond acceptors (Lipinski definition) is 7. The summed E-state index contributed by atoms with van der Waals surface area (Å²) >= 11 is 13.1. The number of hydrogen-bond donors (Lipinski definition) is 2. The first-order chi connectivity index (χ1) is 24.0. The third-order valence-electron chi connectivity index (χ3n) is 8.28. The second-order valence-corrected chi connectivity index (χ2v) is 14.0. The van der Waals surface area contributed by atoms with Gasteiger partial charge in [-0.15, -0.1) is 0 Å². The zero-order valence-corrected chi connectivity index (χ0v) is 29.9. The van der Waals surface area contributed by atoms with Crippen LogP contribution in [-0.2, 0) is 19.1 Å². The van der Waals surface area contributed by atoms with Crippen LogP contribution >= 0.6 is 23.2 Å². The van der Waals surface area contributed by atoms with Gasteiger partial charge in [0.15, 0.2) is 11.6 Å². The van der Waals surface area contributed by atoms with Crippen molar-refractivity contribution in [2.24, 2.45) is 4.99 Å². The van der Waals surface area contributed by atoms with E-state index in [2.05, 4.69) is 5.32 Å². The number of ether oxygens (including phenoxy) is 3. The SMILES string of the molecule is CC(C)(C)OC(=O)CC[C@@]1(C(=O)NCC(c2ccccc2)c2ccccc2)N=C(c2ccc(OCCCO)cc2)O[C@@H]1c1ccc(Cl)cc1Cl. The van der Waals surface area contributed by atoms with E-state index >= 15 is 0 Å². The summed E-state index contributed by atoms with van der Waals surface area (Å²) in [6.45, 7) is 6.04. The lowest BCUT2D eigenvalue weighted by Crippen LogP contribution is -2.49. The van der Waals surface area contributed by atoms with Crippen molar-refractivity contribution in [3.8, 4) is 5.75 Å². The Bertz CT molecular complexity index is 1740. The summed E-state index contributed by atoms with van der Waals surface area (Å²) in [5.41, 5.74) is 0.844. The van der Waals surface area contributed by atoms with Crippen LogP contribution in [0.25, 0.3) is 0 Å². The van der Waals surface area contributed by atoms with Gasteiger partial charge in [-0.1, -0.05) is 89.9 Å². The van der Waals surface area contributed by atoms with Crippen molar-refractivity contribution >= 4 is 41.0 Å². The predicted octanol–water partition coefficient (Wildman–Crippen LogP) is 8.08. The van der Waals surface area contributed by atoms with Crippen molar-refractivity contribution in [1.29, 1.82) is 0 Å². The highest BCUT2D eigenvalue weighted by Crippen LogP contribution is 2.46. The first-order valence-electron chi connectivity index (χ1n) is 16.6. The molecule has 0 bridgehead atoms. The Morgan fingerprint density at radius 3 is 2.16 bits per heavy atom. The summed E-state index contributed by atoms with van der Waals surface area (Å²) < 4.78 is 17.9. The standard InChI is InChI=1S/C40H42Cl2N2O6/c1-39(2,3)50-35(46)21-22-40(38(47)43-26-33(27-11-6-4-7-12-27)28-13-8-5-9-14-28)36(32-20-17-30(41)25-34(32)42)49-37(44-40)29-15-18-31(19-16-29)48-24-10-23-45/h4-9,11-20,25,33,36,45H,10,21-24,26H2,1-3H3,(H,43,47)/t36-,40-/m1/s1. The summed E-state index contributed by atoms with van der Waals surface area (Å²) in [6.07, 6.45) is -0.626. The maximum Gasteiger partial charge on any atom is 0.306 e. The van der Waals surface area contributed by atoms with Crippen LogP contribution in [-0.4, -0.2) is 53.8 Å². The van der Waals surface area contributed by atoms with Gasteiger partial charge in [0.05, 0.1) is 6.61 Å². The monoisotopic (exact) mass is 716 g/mol. The van der Waals surface area contributed by atoms with Crippen LogP contribution in [0.3, 0.4) is 0 Å². The van der Waals surface area contributed by atoms with Gasteiger partial charge in [-0.2, -0.15) is 0 Å². The molecule has 2 N–H and O–H groups in total. The van der Waals surface area contributed by atoms with E-state index in [0.29, 0.717) is 39.9 Å². The average molecular weight is 718 g/mol. The van der Waals surface area contributed by atoms with Gasteiger partial charge in [-0.3, -0.25) is 9.59 Å². The number of esters is 1. The first kappa shape index (κ1) is 36.9. The Balaban J connectivity index is 1.55. The molecule has 0 saturated heterocycles. The number of nitrogens with zero attached hydrogens (tertiary/aromatic N) is 1. The molecule has 0 saturated carbocycles. The van der Waals surface area contributed by atoms with Gasteiger partial charge < -0.3 is 24.6 Å². The van der Waals surface area contributed by atoms with Crippen LogP contribution in [0.15, 0.2) is 108 Å². The summed E-state index contributed by atoms with van der Waals surface area (Å²) in [6, 6.07) is 32.0. The van der Waals surface area contributed by atoms with E-state index in [4.69, 9.17) is 47.5 Å². The average Bonchev–Trinajstić information content (AvgIpc) is 3.48. The number of aliphatic hydroxyl groups excluding tert-OH is 1. The molecule has 1 amide bonds. The number of nitrogens with one attached hydrogen (secondary N) is 1. The van der Waals surface area contributed by atoms with Gasteiger partial charge in [-0.25, -0.2) is 4.99 Å². The molecule has 1 aliphatic rings. The van der Waals surface area contributed by atoms with Gasteiger partial charge >= 0.3 is 5.97 Å². The molecule has 10 heteroatoms. The zero-order valence-electron chi connectivity index (χ0n) is 28.4. The number of aliphatic hydroxyl groups is 1. The molecule has 0 unspecified atom stereocenters. The molecular formula is C40H42Cl2N2O6. The maximum atomic E-state index is 14.8. The van der Waals surface area contributed by atoms with Crippen molar-refractivity contribution in [3.63, 3.8) is 0 Å². The fourth-order valence-corrected chi connectivity index (χ4v) is 6.40. The molecule has 262 valence electrons. The minimum absolute atomic E-state index is 0.0233. The highest BCUT2D eigenvalue weighted by molar-refractivity contribution is 6.35. The highest BCUT2D eigenvalue weighted by Gasteiger charge is 2.54. The van der Waals surface area contributed by atoms with E-state index in [1.165, 1.54) is 0 Å². The molecule has 5 rings (SSSR count). The molecule has 4 aromatic carbocycles. The molecule has 0 fully saturated rings. The molecule has 8 nitrogen and oxygen atoms in total. The quantitative estimate of drug-likeness (QED) is 0.101. The Morgan fingerprint density at radius 2 is 1.58 bits per heavy atom. The van der Waals surface area contributed by atoms with Crippen LogP contribution < -0.4 is 10.1 Å². The number of carbonyl (C=O) groups is 2. The molecule has 50 heavy (non-hydrogen) atoms. The van der Waals surface area contributed by atoms with Crippen molar-refractivity contribution in [1.82, 2.24) is 5.32 Å². The van der Waals surface area contributed by atoms with Gasteiger partial charge in [0.1, 0.15) is 11.4 Å². The fraction of sp³-hybridized carbons (Fsp3) is 0.325.